The first-order valence-electron chi connectivity index (χ1n) is 5.07. The first kappa shape index (κ1) is 19.4. The molecule has 0 aromatic carbocycles. The smallest absolute Gasteiger partial charge is 0.371 e. The van der Waals surface area contributed by atoms with E-state index >= 15 is 0 Å². The van der Waals surface area contributed by atoms with Crippen molar-refractivity contribution < 1.29 is 48.1 Å². The number of rotatable bonds is 8. The zero-order valence-electron chi connectivity index (χ0n) is 10.5. The van der Waals surface area contributed by atoms with Gasteiger partial charge in [-0.3, -0.25) is 9.13 Å². The highest BCUT2D eigenvalue weighted by molar-refractivity contribution is 7.72. The molecule has 0 aliphatic rings. The van der Waals surface area contributed by atoms with Gasteiger partial charge in [-0.1, -0.05) is 6.58 Å². The van der Waals surface area contributed by atoms with E-state index in [0.717, 1.165) is 0 Å². The van der Waals surface area contributed by atoms with E-state index in [1.54, 1.807) is 0 Å². The molecular formula is C8H16O10P2. The Hall–Kier alpha value is -0.570. The molecule has 0 atom stereocenters. The van der Waals surface area contributed by atoms with Gasteiger partial charge in [-0.25, -0.2) is 4.79 Å². The predicted molar refractivity (Wildman–Crippen MR) is 65.6 cm³/mol. The SMILES string of the molecule is C=C(C)C(=O)OCCOCC(O)(P(=O)(O)O)P(=O)(O)O. The van der Waals surface area contributed by atoms with Gasteiger partial charge in [0.2, 0.25) is 0 Å². The molecule has 0 unspecified atom stereocenters. The summed E-state index contributed by atoms with van der Waals surface area (Å²) < 4.78 is 31.0. The van der Waals surface area contributed by atoms with E-state index in [1.165, 1.54) is 6.92 Å². The van der Waals surface area contributed by atoms with E-state index in [2.05, 4.69) is 16.1 Å². The summed E-state index contributed by atoms with van der Waals surface area (Å²) in [5.74, 6) is -0.728. The quantitative estimate of drug-likeness (QED) is 0.162. The molecule has 0 aromatic heterocycles. The topological polar surface area (TPSA) is 171 Å². The van der Waals surface area contributed by atoms with E-state index in [1.807, 2.05) is 0 Å². The monoisotopic (exact) mass is 334 g/mol. The Morgan fingerprint density at radius 3 is 1.95 bits per heavy atom. The second-order valence-electron chi connectivity index (χ2n) is 3.83. The van der Waals surface area contributed by atoms with Gasteiger partial charge in [0.25, 0.3) is 5.08 Å². The summed E-state index contributed by atoms with van der Waals surface area (Å²) in [5, 5.41) is 5.77. The summed E-state index contributed by atoms with van der Waals surface area (Å²) in [7, 11) is -11.1. The molecule has 0 radical (unpaired) electrons. The van der Waals surface area contributed by atoms with Crippen LogP contribution in [0, 0.1) is 0 Å². The largest absolute Gasteiger partial charge is 0.460 e. The number of hydrogen-bond donors (Lipinski definition) is 5. The Kier molecular flexibility index (Phi) is 6.73. The number of hydrogen-bond acceptors (Lipinski definition) is 6. The third-order valence-electron chi connectivity index (χ3n) is 2.04. The van der Waals surface area contributed by atoms with Crippen LogP contribution in [0.3, 0.4) is 0 Å². The Balaban J connectivity index is 4.47. The van der Waals surface area contributed by atoms with Gasteiger partial charge in [0.1, 0.15) is 6.61 Å². The van der Waals surface area contributed by atoms with E-state index in [0.29, 0.717) is 0 Å². The van der Waals surface area contributed by atoms with Crippen molar-refractivity contribution in [1.29, 1.82) is 0 Å². The second-order valence-corrected chi connectivity index (χ2v) is 7.84. The van der Waals surface area contributed by atoms with E-state index in [4.69, 9.17) is 19.6 Å². The fourth-order valence-corrected chi connectivity index (χ4v) is 2.74. The lowest BCUT2D eigenvalue weighted by Crippen LogP contribution is -2.34. The highest BCUT2D eigenvalue weighted by Gasteiger charge is 2.59. The molecule has 5 N–H and O–H groups in total. The van der Waals surface area contributed by atoms with Crippen LogP contribution in [-0.2, 0) is 23.4 Å². The normalized spacial score (nSPS) is 13.1. The highest BCUT2D eigenvalue weighted by atomic mass is 31.2. The van der Waals surface area contributed by atoms with Gasteiger partial charge in [0, 0.05) is 5.57 Å². The number of carbonyl (C=O) groups is 1. The summed E-state index contributed by atoms with van der Waals surface area (Å²) in [6, 6.07) is 0. The Bertz CT molecular complexity index is 438. The molecule has 0 spiro atoms. The molecule has 0 bridgehead atoms. The van der Waals surface area contributed by atoms with Gasteiger partial charge in [0.05, 0.1) is 13.2 Å². The lowest BCUT2D eigenvalue weighted by molar-refractivity contribution is -0.140. The maximum Gasteiger partial charge on any atom is 0.371 e. The van der Waals surface area contributed by atoms with Crippen molar-refractivity contribution in [3.63, 3.8) is 0 Å². The summed E-state index contributed by atoms with van der Waals surface area (Å²) in [4.78, 5) is 46.1. The molecule has 0 fully saturated rings. The molecule has 0 saturated heterocycles. The minimum absolute atomic E-state index is 0.118. The van der Waals surface area contributed by atoms with Crippen LogP contribution in [0.15, 0.2) is 12.2 Å². The molecule has 12 heteroatoms. The molecule has 10 nitrogen and oxygen atoms in total. The van der Waals surface area contributed by atoms with Crippen molar-refractivity contribution in [1.82, 2.24) is 0 Å². The minimum atomic E-state index is -5.55. The van der Waals surface area contributed by atoms with Crippen molar-refractivity contribution in [3.8, 4) is 0 Å². The van der Waals surface area contributed by atoms with E-state index in [9.17, 15) is 19.0 Å². The lowest BCUT2D eigenvalue weighted by Gasteiger charge is -2.28. The van der Waals surface area contributed by atoms with Gasteiger partial charge >= 0.3 is 21.2 Å². The minimum Gasteiger partial charge on any atom is -0.460 e. The van der Waals surface area contributed by atoms with Gasteiger partial charge in [0.15, 0.2) is 0 Å². The predicted octanol–water partition coefficient (Wildman–Crippen LogP) is -0.876. The fourth-order valence-electron chi connectivity index (χ4n) is 0.863. The van der Waals surface area contributed by atoms with Gasteiger partial charge < -0.3 is 34.2 Å². The van der Waals surface area contributed by atoms with Gasteiger partial charge in [-0.15, -0.1) is 0 Å². The van der Waals surface area contributed by atoms with Crippen molar-refractivity contribution in [2.24, 2.45) is 0 Å². The second kappa shape index (κ2) is 6.93. The third-order valence-corrected chi connectivity index (χ3v) is 5.73. The zero-order valence-corrected chi connectivity index (χ0v) is 12.3. The molecule has 20 heavy (non-hydrogen) atoms. The number of carbonyl (C=O) groups excluding carboxylic acids is 1. The summed E-state index contributed by atoms with van der Waals surface area (Å²) in [5.41, 5.74) is 0.118. The van der Waals surface area contributed by atoms with Crippen LogP contribution in [0.5, 0.6) is 0 Å². The van der Waals surface area contributed by atoms with Crippen LogP contribution in [0.25, 0.3) is 0 Å². The molecule has 0 heterocycles. The van der Waals surface area contributed by atoms with Gasteiger partial charge in [-0.2, -0.15) is 0 Å². The fraction of sp³-hybridized carbons (Fsp3) is 0.625. The standard InChI is InChI=1S/C8H16O10P2/c1-6(2)7(9)18-4-3-17-5-8(10,19(11,12)13)20(14,15)16/h10H,1,3-5H2,2H3,(H2,11,12,13)(H2,14,15,16). The molecule has 0 aliphatic heterocycles. The summed E-state index contributed by atoms with van der Waals surface area (Å²) in [6.07, 6.45) is 0. The van der Waals surface area contributed by atoms with Crippen molar-refractivity contribution in [2.45, 2.75) is 12.0 Å². The summed E-state index contributed by atoms with van der Waals surface area (Å²) >= 11 is 0. The maximum absolute atomic E-state index is 10.9. The lowest BCUT2D eigenvalue weighted by atomic mass is 10.4. The number of ether oxygens (including phenoxy) is 2. The number of aliphatic hydroxyl groups is 1. The average molecular weight is 334 g/mol. The highest BCUT2D eigenvalue weighted by Crippen LogP contribution is 2.67. The number of esters is 1. The first-order valence-corrected chi connectivity index (χ1v) is 8.29. The van der Waals surface area contributed by atoms with Crippen LogP contribution < -0.4 is 0 Å². The molecule has 0 amide bonds. The van der Waals surface area contributed by atoms with Gasteiger partial charge in [-0.05, 0) is 6.92 Å². The van der Waals surface area contributed by atoms with Crippen molar-refractivity contribution in [3.05, 3.63) is 12.2 Å². The van der Waals surface area contributed by atoms with Crippen molar-refractivity contribution in [2.75, 3.05) is 19.8 Å². The molecule has 118 valence electrons. The Morgan fingerprint density at radius 2 is 1.60 bits per heavy atom. The van der Waals surface area contributed by atoms with E-state index < -0.39 is 39.5 Å². The maximum atomic E-state index is 10.9. The third kappa shape index (κ3) is 5.08. The molecule has 0 aliphatic carbocycles. The van der Waals surface area contributed by atoms with Crippen molar-refractivity contribution >= 4 is 21.2 Å². The average Bonchev–Trinajstić information content (AvgIpc) is 2.24. The Morgan fingerprint density at radius 1 is 1.15 bits per heavy atom. The van der Waals surface area contributed by atoms with Crippen LogP contribution >= 0.6 is 15.2 Å². The van der Waals surface area contributed by atoms with Crippen LogP contribution in [-0.4, -0.2) is 55.6 Å². The Labute approximate surface area is 114 Å². The van der Waals surface area contributed by atoms with Crippen LogP contribution in [0.4, 0.5) is 0 Å². The van der Waals surface area contributed by atoms with Crippen LogP contribution in [0.1, 0.15) is 6.92 Å². The zero-order chi connectivity index (χ0) is 16.2. The van der Waals surface area contributed by atoms with E-state index in [-0.39, 0.29) is 12.2 Å². The van der Waals surface area contributed by atoms with Crippen LogP contribution in [0.2, 0.25) is 0 Å². The summed E-state index contributed by atoms with van der Waals surface area (Å²) in [6.45, 7) is 2.59. The molecule has 0 aromatic rings. The molecular weight excluding hydrogens is 318 g/mol. The molecule has 0 rings (SSSR count). The molecule has 0 saturated carbocycles. The first-order chi connectivity index (χ1) is 8.83.